The van der Waals surface area contributed by atoms with Crippen LogP contribution in [0, 0.1) is 0 Å². The van der Waals surface area contributed by atoms with Crippen LogP contribution in [-0.4, -0.2) is 22.2 Å². The molecule has 144 valence electrons. The lowest BCUT2D eigenvalue weighted by atomic mass is 10.1. The fourth-order valence-electron chi connectivity index (χ4n) is 3.11. The van der Waals surface area contributed by atoms with Crippen LogP contribution >= 0.6 is 0 Å². The molecule has 0 saturated carbocycles. The molecule has 0 aliphatic heterocycles. The zero-order valence-corrected chi connectivity index (χ0v) is 16.0. The minimum Gasteiger partial charge on any atom is -0.507 e. The molecule has 4 rings (SSSR count). The lowest BCUT2D eigenvalue weighted by Crippen LogP contribution is -1.98. The third-order valence-electron chi connectivity index (χ3n) is 4.55. The van der Waals surface area contributed by atoms with Gasteiger partial charge in [-0.15, -0.1) is 6.58 Å². The maximum atomic E-state index is 10.2. The second-order valence-electron chi connectivity index (χ2n) is 6.46. The molecule has 0 amide bonds. The van der Waals surface area contributed by atoms with Gasteiger partial charge in [0.2, 0.25) is 5.88 Å². The first kappa shape index (κ1) is 18.5. The number of hydrogen-bond donors (Lipinski definition) is 1. The molecule has 0 aliphatic carbocycles. The number of fused-ring (bicyclic) bond motifs is 1. The lowest BCUT2D eigenvalue weighted by molar-refractivity contribution is 0.411. The highest BCUT2D eigenvalue weighted by atomic mass is 16.5. The molecule has 1 aromatic heterocycles. The van der Waals surface area contributed by atoms with E-state index in [0.717, 1.165) is 22.2 Å². The summed E-state index contributed by atoms with van der Waals surface area (Å²) in [6, 6.07) is 20.2. The van der Waals surface area contributed by atoms with Crippen LogP contribution in [0.1, 0.15) is 5.56 Å². The first-order valence-corrected chi connectivity index (χ1v) is 9.20. The van der Waals surface area contributed by atoms with Gasteiger partial charge in [0.15, 0.2) is 5.82 Å². The molecule has 0 fully saturated rings. The van der Waals surface area contributed by atoms with Crippen molar-refractivity contribution in [2.24, 2.45) is 0 Å². The van der Waals surface area contributed by atoms with Gasteiger partial charge in [-0.2, -0.15) is 4.98 Å². The number of hydrogen-bond acceptors (Lipinski definition) is 5. The van der Waals surface area contributed by atoms with Crippen LogP contribution in [0.25, 0.3) is 22.3 Å². The van der Waals surface area contributed by atoms with E-state index in [1.54, 1.807) is 25.3 Å². The monoisotopic (exact) mass is 384 g/mol. The van der Waals surface area contributed by atoms with Crippen LogP contribution in [-0.2, 0) is 6.42 Å². The Morgan fingerprint density at radius 2 is 1.79 bits per heavy atom. The molecule has 0 unspecified atom stereocenters. The van der Waals surface area contributed by atoms with E-state index >= 15 is 0 Å². The molecule has 1 heterocycles. The van der Waals surface area contributed by atoms with E-state index in [1.807, 2.05) is 54.6 Å². The number of methoxy groups -OCH3 is 1. The van der Waals surface area contributed by atoms with Crippen molar-refractivity contribution in [3.8, 4) is 34.5 Å². The van der Waals surface area contributed by atoms with Crippen molar-refractivity contribution in [1.29, 1.82) is 0 Å². The Kier molecular flexibility index (Phi) is 5.12. The smallest absolute Gasteiger partial charge is 0.230 e. The SMILES string of the molecule is C=CCc1cc(OC)ccc1Oc1nc(-c2ccccc2O)nc2ccccc12. The Balaban J connectivity index is 1.86. The summed E-state index contributed by atoms with van der Waals surface area (Å²) in [5.41, 5.74) is 2.21. The number of phenols is 1. The van der Waals surface area contributed by atoms with Crippen molar-refractivity contribution < 1.29 is 14.6 Å². The number of nitrogens with zero attached hydrogens (tertiary/aromatic N) is 2. The van der Waals surface area contributed by atoms with E-state index in [1.165, 1.54) is 0 Å². The van der Waals surface area contributed by atoms with Gasteiger partial charge in [0, 0.05) is 5.56 Å². The number of para-hydroxylation sites is 2. The minimum atomic E-state index is 0.116. The molecule has 0 aliphatic rings. The number of rotatable bonds is 6. The van der Waals surface area contributed by atoms with Gasteiger partial charge in [-0.25, -0.2) is 4.98 Å². The van der Waals surface area contributed by atoms with Crippen molar-refractivity contribution >= 4 is 10.9 Å². The summed E-state index contributed by atoms with van der Waals surface area (Å²) in [4.78, 5) is 9.23. The zero-order valence-electron chi connectivity index (χ0n) is 16.0. The van der Waals surface area contributed by atoms with E-state index in [2.05, 4.69) is 16.5 Å². The predicted molar refractivity (Wildman–Crippen MR) is 114 cm³/mol. The van der Waals surface area contributed by atoms with Gasteiger partial charge in [-0.05, 0) is 48.9 Å². The molecule has 0 spiro atoms. The van der Waals surface area contributed by atoms with Crippen LogP contribution in [0.3, 0.4) is 0 Å². The summed E-state index contributed by atoms with van der Waals surface area (Å²) < 4.78 is 11.6. The summed E-state index contributed by atoms with van der Waals surface area (Å²) in [7, 11) is 1.63. The summed E-state index contributed by atoms with van der Waals surface area (Å²) >= 11 is 0. The summed E-state index contributed by atoms with van der Waals surface area (Å²) in [5, 5.41) is 11.0. The summed E-state index contributed by atoms with van der Waals surface area (Å²) in [6.45, 7) is 3.82. The number of allylic oxidation sites excluding steroid dienone is 1. The molecule has 5 nitrogen and oxygen atoms in total. The average Bonchev–Trinajstić information content (AvgIpc) is 2.75. The van der Waals surface area contributed by atoms with E-state index in [-0.39, 0.29) is 5.75 Å². The van der Waals surface area contributed by atoms with E-state index < -0.39 is 0 Å². The Hall–Kier alpha value is -3.86. The number of aromatic hydroxyl groups is 1. The number of ether oxygens (including phenoxy) is 2. The Bertz CT molecular complexity index is 1190. The second-order valence-corrected chi connectivity index (χ2v) is 6.46. The lowest BCUT2D eigenvalue weighted by Gasteiger charge is -2.14. The largest absolute Gasteiger partial charge is 0.507 e. The first-order chi connectivity index (χ1) is 14.2. The van der Waals surface area contributed by atoms with Gasteiger partial charge < -0.3 is 14.6 Å². The van der Waals surface area contributed by atoms with Gasteiger partial charge in [0.1, 0.15) is 17.2 Å². The van der Waals surface area contributed by atoms with Gasteiger partial charge in [-0.3, -0.25) is 0 Å². The average molecular weight is 384 g/mol. The van der Waals surface area contributed by atoms with E-state index in [4.69, 9.17) is 9.47 Å². The van der Waals surface area contributed by atoms with Crippen molar-refractivity contribution in [1.82, 2.24) is 9.97 Å². The van der Waals surface area contributed by atoms with Crippen LogP contribution in [0.15, 0.2) is 79.4 Å². The van der Waals surface area contributed by atoms with Crippen LogP contribution in [0.4, 0.5) is 0 Å². The molecule has 5 heteroatoms. The van der Waals surface area contributed by atoms with Crippen molar-refractivity contribution in [2.45, 2.75) is 6.42 Å². The molecular weight excluding hydrogens is 364 g/mol. The molecule has 0 saturated heterocycles. The van der Waals surface area contributed by atoms with Crippen molar-refractivity contribution in [3.63, 3.8) is 0 Å². The topological polar surface area (TPSA) is 64.5 Å². The van der Waals surface area contributed by atoms with E-state index in [0.29, 0.717) is 29.4 Å². The highest BCUT2D eigenvalue weighted by Gasteiger charge is 2.15. The maximum Gasteiger partial charge on any atom is 0.230 e. The number of benzene rings is 3. The Morgan fingerprint density at radius 1 is 1.00 bits per heavy atom. The summed E-state index contributed by atoms with van der Waals surface area (Å²) in [5.74, 6) is 2.35. The van der Waals surface area contributed by atoms with Gasteiger partial charge in [-0.1, -0.05) is 30.3 Å². The fraction of sp³-hybridized carbons (Fsp3) is 0.0833. The molecule has 4 aromatic rings. The van der Waals surface area contributed by atoms with Crippen LogP contribution in [0.5, 0.6) is 23.1 Å². The number of phenolic OH excluding ortho intramolecular Hbond substituents is 1. The molecular formula is C24H20N2O3. The zero-order chi connectivity index (χ0) is 20.2. The van der Waals surface area contributed by atoms with Crippen molar-refractivity contribution in [2.75, 3.05) is 7.11 Å². The molecule has 0 atom stereocenters. The first-order valence-electron chi connectivity index (χ1n) is 9.20. The molecule has 0 radical (unpaired) electrons. The normalized spacial score (nSPS) is 10.7. The van der Waals surface area contributed by atoms with Crippen LogP contribution < -0.4 is 9.47 Å². The highest BCUT2D eigenvalue weighted by Crippen LogP contribution is 2.35. The van der Waals surface area contributed by atoms with Gasteiger partial charge in [0.05, 0.1) is 23.6 Å². The quantitative estimate of drug-likeness (QED) is 0.443. The minimum absolute atomic E-state index is 0.116. The fourth-order valence-corrected chi connectivity index (χ4v) is 3.11. The second kappa shape index (κ2) is 8.02. The maximum absolute atomic E-state index is 10.2. The van der Waals surface area contributed by atoms with Crippen LogP contribution in [0.2, 0.25) is 0 Å². The van der Waals surface area contributed by atoms with Gasteiger partial charge >= 0.3 is 0 Å². The van der Waals surface area contributed by atoms with Crippen molar-refractivity contribution in [3.05, 3.63) is 84.9 Å². The summed E-state index contributed by atoms with van der Waals surface area (Å²) in [6.07, 6.45) is 2.44. The molecule has 29 heavy (non-hydrogen) atoms. The van der Waals surface area contributed by atoms with E-state index in [9.17, 15) is 5.11 Å². The highest BCUT2D eigenvalue weighted by molar-refractivity contribution is 5.86. The predicted octanol–water partition coefficient (Wildman–Crippen LogP) is 5.53. The third-order valence-corrected chi connectivity index (χ3v) is 4.55. The Labute approximate surface area is 168 Å². The third kappa shape index (κ3) is 3.75. The Morgan fingerprint density at radius 3 is 2.59 bits per heavy atom. The molecule has 3 aromatic carbocycles. The molecule has 0 bridgehead atoms. The van der Waals surface area contributed by atoms with Gasteiger partial charge in [0.25, 0.3) is 0 Å². The number of aromatic nitrogens is 2. The standard InChI is InChI=1S/C24H20N2O3/c1-3-8-16-15-17(28-2)13-14-22(16)29-24-18-9-4-6-11-20(18)25-23(26-24)19-10-5-7-12-21(19)27/h3-7,9-15,27H,1,8H2,2H3. The molecule has 1 N–H and O–H groups in total.